The molecule has 1 rings (SSSR count). The molecule has 0 aliphatic rings. The topological polar surface area (TPSA) is 20.2 Å². The van der Waals surface area contributed by atoms with Gasteiger partial charge in [0, 0.05) is 5.92 Å². The van der Waals surface area contributed by atoms with Gasteiger partial charge in [-0.1, -0.05) is 43.3 Å². The fourth-order valence-corrected chi connectivity index (χ4v) is 1.50. The summed E-state index contributed by atoms with van der Waals surface area (Å²) in [6.07, 6.45) is 2.98. The van der Waals surface area contributed by atoms with Crippen LogP contribution in [0.3, 0.4) is 0 Å². The maximum atomic E-state index is 9.82. The second kappa shape index (κ2) is 5.61. The van der Waals surface area contributed by atoms with E-state index in [1.807, 2.05) is 43.3 Å². The van der Waals surface area contributed by atoms with E-state index in [2.05, 4.69) is 6.58 Å². The van der Waals surface area contributed by atoms with Gasteiger partial charge in [0.25, 0.3) is 0 Å². The molecule has 0 fully saturated rings. The van der Waals surface area contributed by atoms with Crippen LogP contribution in [0.5, 0.6) is 0 Å². The van der Waals surface area contributed by atoms with Crippen LogP contribution in [0.25, 0.3) is 0 Å². The number of benzene rings is 1. The van der Waals surface area contributed by atoms with E-state index in [1.165, 1.54) is 0 Å². The summed E-state index contributed by atoms with van der Waals surface area (Å²) in [4.78, 5) is 0. The van der Waals surface area contributed by atoms with Crippen molar-refractivity contribution in [3.8, 4) is 0 Å². The van der Waals surface area contributed by atoms with E-state index in [4.69, 9.17) is 0 Å². The van der Waals surface area contributed by atoms with Crippen molar-refractivity contribution in [3.05, 3.63) is 54.5 Å². The zero-order valence-electron chi connectivity index (χ0n) is 8.61. The fourth-order valence-electron chi connectivity index (χ4n) is 1.50. The molecular formula is C13H17O. The van der Waals surface area contributed by atoms with Gasteiger partial charge in [0.2, 0.25) is 0 Å². The van der Waals surface area contributed by atoms with E-state index in [-0.39, 0.29) is 6.10 Å². The molecule has 75 valence electrons. The zero-order valence-corrected chi connectivity index (χ0v) is 8.61. The molecule has 0 aliphatic carbocycles. The first-order chi connectivity index (χ1) is 6.79. The van der Waals surface area contributed by atoms with Crippen LogP contribution in [-0.2, 0) is 0 Å². The molecule has 0 amide bonds. The van der Waals surface area contributed by atoms with Crippen LogP contribution in [0.15, 0.2) is 43.0 Å². The Morgan fingerprint density at radius 1 is 1.43 bits per heavy atom. The molecule has 0 saturated heterocycles. The molecule has 1 atom stereocenters. The Labute approximate surface area is 86.1 Å². The lowest BCUT2D eigenvalue weighted by Gasteiger charge is -2.20. The molecule has 1 nitrogen and oxygen atoms in total. The molecule has 0 saturated carbocycles. The van der Waals surface area contributed by atoms with Crippen LogP contribution >= 0.6 is 0 Å². The summed E-state index contributed by atoms with van der Waals surface area (Å²) in [5.41, 5.74) is 1.11. The van der Waals surface area contributed by atoms with Gasteiger partial charge in [0.15, 0.2) is 0 Å². The van der Waals surface area contributed by atoms with E-state index in [0.29, 0.717) is 0 Å². The highest BCUT2D eigenvalue weighted by Crippen LogP contribution is 2.24. The third kappa shape index (κ3) is 2.71. The second-order valence-electron chi connectivity index (χ2n) is 3.31. The van der Waals surface area contributed by atoms with E-state index in [1.54, 1.807) is 0 Å². The minimum Gasteiger partial charge on any atom is -0.392 e. The quantitative estimate of drug-likeness (QED) is 0.706. The Morgan fingerprint density at radius 2 is 2.07 bits per heavy atom. The second-order valence-corrected chi connectivity index (χ2v) is 3.31. The highest BCUT2D eigenvalue weighted by Gasteiger charge is 2.18. The Balaban J connectivity index is 2.82. The first-order valence-electron chi connectivity index (χ1n) is 4.99. The van der Waals surface area contributed by atoms with Gasteiger partial charge in [-0.25, -0.2) is 0 Å². The molecule has 0 heterocycles. The summed E-state index contributed by atoms with van der Waals surface area (Å²) in [5.74, 6) is 1.06. The third-order valence-electron chi connectivity index (χ3n) is 2.30. The zero-order chi connectivity index (χ0) is 10.4. The van der Waals surface area contributed by atoms with Crippen LogP contribution in [0.2, 0.25) is 0 Å². The number of hydrogen-bond acceptors (Lipinski definition) is 1. The maximum Gasteiger partial charge on any atom is 0.0646 e. The summed E-state index contributed by atoms with van der Waals surface area (Å²) in [5, 5.41) is 9.82. The lowest BCUT2D eigenvalue weighted by Crippen LogP contribution is -2.17. The average Bonchev–Trinajstić information content (AvgIpc) is 2.26. The van der Waals surface area contributed by atoms with Gasteiger partial charge < -0.3 is 5.11 Å². The van der Waals surface area contributed by atoms with E-state index >= 15 is 0 Å². The number of hydrogen-bond donors (Lipinski definition) is 1. The highest BCUT2D eigenvalue weighted by molar-refractivity contribution is 5.33. The third-order valence-corrected chi connectivity index (χ3v) is 2.30. The van der Waals surface area contributed by atoms with Crippen molar-refractivity contribution in [2.24, 2.45) is 0 Å². The first-order valence-corrected chi connectivity index (χ1v) is 4.99. The molecule has 0 aliphatic heterocycles. The van der Waals surface area contributed by atoms with Crippen molar-refractivity contribution < 1.29 is 5.11 Å². The van der Waals surface area contributed by atoms with Crippen molar-refractivity contribution in [1.82, 2.24) is 0 Å². The molecule has 1 aromatic rings. The first kappa shape index (κ1) is 11.0. The van der Waals surface area contributed by atoms with Crippen molar-refractivity contribution in [3.63, 3.8) is 0 Å². The predicted molar refractivity (Wildman–Crippen MR) is 59.9 cm³/mol. The minimum atomic E-state index is -0.351. The number of rotatable bonds is 5. The summed E-state index contributed by atoms with van der Waals surface area (Å²) in [6, 6.07) is 10.0. The van der Waals surface area contributed by atoms with Crippen LogP contribution in [0, 0.1) is 5.92 Å². The molecule has 1 N–H and O–H groups in total. The van der Waals surface area contributed by atoms with Crippen molar-refractivity contribution >= 4 is 0 Å². The molecule has 0 spiro atoms. The predicted octanol–water partition coefficient (Wildman–Crippen LogP) is 2.96. The lowest BCUT2D eigenvalue weighted by atomic mass is 9.89. The van der Waals surface area contributed by atoms with Gasteiger partial charge in [-0.05, 0) is 18.4 Å². The van der Waals surface area contributed by atoms with Crippen molar-refractivity contribution in [2.45, 2.75) is 25.9 Å². The van der Waals surface area contributed by atoms with Crippen LogP contribution in [-0.4, -0.2) is 11.2 Å². The summed E-state index contributed by atoms with van der Waals surface area (Å²) < 4.78 is 0. The van der Waals surface area contributed by atoms with E-state index in [9.17, 15) is 5.11 Å². The Kier molecular flexibility index (Phi) is 4.41. The molecular weight excluding hydrogens is 172 g/mol. The monoisotopic (exact) mass is 189 g/mol. The fraction of sp³-hybridized carbons (Fsp3) is 0.308. The lowest BCUT2D eigenvalue weighted by molar-refractivity contribution is 0.185. The minimum absolute atomic E-state index is 0.351. The van der Waals surface area contributed by atoms with Gasteiger partial charge in [-0.3, -0.25) is 0 Å². The van der Waals surface area contributed by atoms with Crippen LogP contribution < -0.4 is 0 Å². The summed E-state index contributed by atoms with van der Waals surface area (Å²) in [6.45, 7) is 5.69. The molecule has 14 heavy (non-hydrogen) atoms. The van der Waals surface area contributed by atoms with Crippen molar-refractivity contribution in [2.75, 3.05) is 0 Å². The SMILES string of the molecule is C=CC[C](c1ccccc1)C(O)CC. The van der Waals surface area contributed by atoms with E-state index in [0.717, 1.165) is 24.3 Å². The molecule has 1 unspecified atom stereocenters. The summed E-state index contributed by atoms with van der Waals surface area (Å²) in [7, 11) is 0. The van der Waals surface area contributed by atoms with Crippen LogP contribution in [0.4, 0.5) is 0 Å². The van der Waals surface area contributed by atoms with Gasteiger partial charge >= 0.3 is 0 Å². The molecule has 0 aromatic heterocycles. The molecule has 1 heteroatoms. The maximum absolute atomic E-state index is 9.82. The standard InChI is InChI=1S/C13H17O/c1-3-8-12(13(14)4-2)11-9-6-5-7-10-11/h3,5-7,9-10,13-14H,1,4,8H2,2H3. The van der Waals surface area contributed by atoms with E-state index < -0.39 is 0 Å². The summed E-state index contributed by atoms with van der Waals surface area (Å²) >= 11 is 0. The van der Waals surface area contributed by atoms with Crippen LogP contribution in [0.1, 0.15) is 25.3 Å². The number of allylic oxidation sites excluding steroid dienone is 1. The Bertz CT molecular complexity index is 266. The molecule has 1 aromatic carbocycles. The van der Waals surface area contributed by atoms with Crippen molar-refractivity contribution in [1.29, 1.82) is 0 Å². The Hall–Kier alpha value is -1.08. The van der Waals surface area contributed by atoms with Gasteiger partial charge in [0.05, 0.1) is 6.10 Å². The highest BCUT2D eigenvalue weighted by atomic mass is 16.3. The Morgan fingerprint density at radius 3 is 2.57 bits per heavy atom. The van der Waals surface area contributed by atoms with Gasteiger partial charge in [-0.15, -0.1) is 6.58 Å². The molecule has 0 bridgehead atoms. The smallest absolute Gasteiger partial charge is 0.0646 e. The normalized spacial score (nSPS) is 12.8. The van der Waals surface area contributed by atoms with Gasteiger partial charge in [-0.2, -0.15) is 0 Å². The largest absolute Gasteiger partial charge is 0.392 e. The molecule has 1 radical (unpaired) electrons. The van der Waals surface area contributed by atoms with Gasteiger partial charge in [0.1, 0.15) is 0 Å². The number of aliphatic hydroxyl groups is 1. The average molecular weight is 189 g/mol. The number of aliphatic hydroxyl groups excluding tert-OH is 1.